The van der Waals surface area contributed by atoms with E-state index >= 15 is 0 Å². The zero-order valence-electron chi connectivity index (χ0n) is 10.3. The van der Waals surface area contributed by atoms with Crippen molar-refractivity contribution in [1.82, 2.24) is 10.2 Å². The maximum Gasteiger partial charge on any atom is 0.254 e. The average Bonchev–Trinajstić information content (AvgIpc) is 2.46. The molecule has 2 amide bonds. The molecular weight excluding hydrogens is 244 g/mol. The highest BCUT2D eigenvalue weighted by molar-refractivity contribution is 5.97. The molecule has 0 spiro atoms. The van der Waals surface area contributed by atoms with Gasteiger partial charge in [-0.2, -0.15) is 5.26 Å². The van der Waals surface area contributed by atoms with Crippen molar-refractivity contribution in [3.8, 4) is 6.07 Å². The number of rotatable bonds is 2. The molecule has 0 radical (unpaired) electrons. The lowest BCUT2D eigenvalue weighted by Crippen LogP contribution is -2.58. The number of carbonyl (C=O) groups is 2. The topological polar surface area (TPSA) is 99.2 Å². The average molecular weight is 258 g/mol. The molecule has 98 valence electrons. The summed E-state index contributed by atoms with van der Waals surface area (Å²) in [5.41, 5.74) is 6.24. The Hall–Kier alpha value is -2.39. The Kier molecular flexibility index (Phi) is 3.78. The molecule has 1 aromatic rings. The maximum atomic E-state index is 12.3. The van der Waals surface area contributed by atoms with E-state index in [2.05, 4.69) is 5.32 Å². The molecule has 1 heterocycles. The van der Waals surface area contributed by atoms with Gasteiger partial charge < -0.3 is 16.0 Å². The van der Waals surface area contributed by atoms with Gasteiger partial charge in [0.1, 0.15) is 6.04 Å². The van der Waals surface area contributed by atoms with Crippen LogP contribution >= 0.6 is 0 Å². The number of nitriles is 1. The largest absolute Gasteiger partial charge is 0.368 e. The molecular formula is C13H14N4O2. The third kappa shape index (κ3) is 2.72. The van der Waals surface area contributed by atoms with E-state index in [1.54, 1.807) is 24.3 Å². The van der Waals surface area contributed by atoms with Gasteiger partial charge in [-0.1, -0.05) is 0 Å². The molecule has 0 saturated carbocycles. The van der Waals surface area contributed by atoms with Crippen LogP contribution in [-0.4, -0.2) is 42.4 Å². The van der Waals surface area contributed by atoms with E-state index in [9.17, 15) is 9.59 Å². The Labute approximate surface area is 110 Å². The lowest BCUT2D eigenvalue weighted by Gasteiger charge is -2.34. The quantitative estimate of drug-likeness (QED) is 0.744. The van der Waals surface area contributed by atoms with Gasteiger partial charge >= 0.3 is 0 Å². The normalized spacial score (nSPS) is 18.7. The van der Waals surface area contributed by atoms with Gasteiger partial charge in [0.15, 0.2) is 0 Å². The Morgan fingerprint density at radius 3 is 2.63 bits per heavy atom. The van der Waals surface area contributed by atoms with Crippen molar-refractivity contribution >= 4 is 11.8 Å². The third-order valence-electron chi connectivity index (χ3n) is 3.09. The predicted molar refractivity (Wildman–Crippen MR) is 68.0 cm³/mol. The molecule has 6 heteroatoms. The van der Waals surface area contributed by atoms with Crippen LogP contribution in [-0.2, 0) is 4.79 Å². The second kappa shape index (κ2) is 5.50. The first-order valence-corrected chi connectivity index (χ1v) is 5.94. The van der Waals surface area contributed by atoms with Crippen LogP contribution < -0.4 is 11.1 Å². The number of hydrogen-bond donors (Lipinski definition) is 2. The van der Waals surface area contributed by atoms with Gasteiger partial charge in [0.2, 0.25) is 5.91 Å². The molecule has 1 aliphatic rings. The first kappa shape index (κ1) is 13.1. The molecule has 1 fully saturated rings. The van der Waals surface area contributed by atoms with Crippen LogP contribution in [0.1, 0.15) is 15.9 Å². The summed E-state index contributed by atoms with van der Waals surface area (Å²) in [6.45, 7) is 1.44. The number of hydrogen-bond acceptors (Lipinski definition) is 4. The van der Waals surface area contributed by atoms with Crippen LogP contribution in [0.15, 0.2) is 24.3 Å². The van der Waals surface area contributed by atoms with E-state index in [0.717, 1.165) is 0 Å². The lowest BCUT2D eigenvalue weighted by atomic mass is 10.1. The summed E-state index contributed by atoms with van der Waals surface area (Å²) in [4.78, 5) is 25.1. The monoisotopic (exact) mass is 258 g/mol. The molecule has 19 heavy (non-hydrogen) atoms. The first-order chi connectivity index (χ1) is 9.13. The second-order valence-electron chi connectivity index (χ2n) is 4.31. The zero-order chi connectivity index (χ0) is 13.8. The standard InChI is InChI=1S/C13H14N4O2/c14-7-9-1-3-10(4-2-9)13(19)17-6-5-16-8-11(17)12(15)18/h1-4,11,16H,5-6,8H2,(H2,15,18). The number of nitrogens with zero attached hydrogens (tertiary/aromatic N) is 2. The van der Waals surface area contributed by atoms with Gasteiger partial charge in [-0.05, 0) is 24.3 Å². The van der Waals surface area contributed by atoms with Crippen LogP contribution in [0.2, 0.25) is 0 Å². The maximum absolute atomic E-state index is 12.3. The van der Waals surface area contributed by atoms with Crippen molar-refractivity contribution in [2.45, 2.75) is 6.04 Å². The number of carbonyl (C=O) groups excluding carboxylic acids is 2. The summed E-state index contributed by atoms with van der Waals surface area (Å²) in [5, 5.41) is 11.7. The molecule has 0 aromatic heterocycles. The summed E-state index contributed by atoms with van der Waals surface area (Å²) in [5.74, 6) is -0.760. The molecule has 1 atom stereocenters. The minimum atomic E-state index is -0.628. The second-order valence-corrected chi connectivity index (χ2v) is 4.31. The minimum Gasteiger partial charge on any atom is -0.368 e. The van der Waals surface area contributed by atoms with E-state index in [1.807, 2.05) is 6.07 Å². The molecule has 2 rings (SSSR count). The van der Waals surface area contributed by atoms with E-state index in [1.165, 1.54) is 4.90 Å². The molecule has 1 aliphatic heterocycles. The van der Waals surface area contributed by atoms with Crippen LogP contribution in [0.5, 0.6) is 0 Å². The number of amides is 2. The van der Waals surface area contributed by atoms with E-state index < -0.39 is 11.9 Å². The summed E-state index contributed by atoms with van der Waals surface area (Å²) < 4.78 is 0. The number of benzene rings is 1. The Morgan fingerprint density at radius 1 is 1.37 bits per heavy atom. The molecule has 1 unspecified atom stereocenters. The number of primary amides is 1. The molecule has 0 aliphatic carbocycles. The SMILES string of the molecule is N#Cc1ccc(C(=O)N2CCNCC2C(N)=O)cc1. The Morgan fingerprint density at radius 2 is 2.05 bits per heavy atom. The number of nitrogens with one attached hydrogen (secondary N) is 1. The van der Waals surface area contributed by atoms with Crippen LogP contribution in [0.4, 0.5) is 0 Å². The van der Waals surface area contributed by atoms with Crippen molar-refractivity contribution in [3.05, 3.63) is 35.4 Å². The summed E-state index contributed by atoms with van der Waals surface area (Å²) in [6, 6.07) is 7.69. The fourth-order valence-corrected chi connectivity index (χ4v) is 2.05. The molecule has 6 nitrogen and oxygen atoms in total. The number of piperazine rings is 1. The van der Waals surface area contributed by atoms with Crippen molar-refractivity contribution in [3.63, 3.8) is 0 Å². The first-order valence-electron chi connectivity index (χ1n) is 5.94. The molecule has 1 aromatic carbocycles. The van der Waals surface area contributed by atoms with Crippen LogP contribution in [0, 0.1) is 11.3 Å². The van der Waals surface area contributed by atoms with Gasteiger partial charge in [0.05, 0.1) is 11.6 Å². The van der Waals surface area contributed by atoms with Gasteiger partial charge in [-0.3, -0.25) is 9.59 Å². The van der Waals surface area contributed by atoms with Crippen molar-refractivity contribution in [2.75, 3.05) is 19.6 Å². The fraction of sp³-hybridized carbons (Fsp3) is 0.308. The van der Waals surface area contributed by atoms with E-state index in [0.29, 0.717) is 30.8 Å². The van der Waals surface area contributed by atoms with Gasteiger partial charge in [-0.15, -0.1) is 0 Å². The predicted octanol–water partition coefficient (Wildman–Crippen LogP) is -0.542. The van der Waals surface area contributed by atoms with E-state index in [4.69, 9.17) is 11.0 Å². The highest BCUT2D eigenvalue weighted by atomic mass is 16.2. The van der Waals surface area contributed by atoms with Crippen molar-refractivity contribution in [1.29, 1.82) is 5.26 Å². The van der Waals surface area contributed by atoms with E-state index in [-0.39, 0.29) is 5.91 Å². The summed E-state index contributed by atoms with van der Waals surface area (Å²) >= 11 is 0. The third-order valence-corrected chi connectivity index (χ3v) is 3.09. The molecule has 3 N–H and O–H groups in total. The highest BCUT2D eigenvalue weighted by Gasteiger charge is 2.30. The fourth-order valence-electron chi connectivity index (χ4n) is 2.05. The summed E-state index contributed by atoms with van der Waals surface area (Å²) in [7, 11) is 0. The van der Waals surface area contributed by atoms with Gasteiger partial charge in [0.25, 0.3) is 5.91 Å². The van der Waals surface area contributed by atoms with Crippen LogP contribution in [0.25, 0.3) is 0 Å². The Bertz CT molecular complexity index is 533. The van der Waals surface area contributed by atoms with Crippen molar-refractivity contribution in [2.24, 2.45) is 5.73 Å². The zero-order valence-corrected chi connectivity index (χ0v) is 10.3. The molecule has 0 bridgehead atoms. The summed E-state index contributed by atoms with van der Waals surface area (Å²) in [6.07, 6.45) is 0. The lowest BCUT2D eigenvalue weighted by molar-refractivity contribution is -0.122. The van der Waals surface area contributed by atoms with Gasteiger partial charge in [-0.25, -0.2) is 0 Å². The Balaban J connectivity index is 2.21. The molecule has 1 saturated heterocycles. The van der Waals surface area contributed by atoms with Crippen molar-refractivity contribution < 1.29 is 9.59 Å². The van der Waals surface area contributed by atoms with Crippen LogP contribution in [0.3, 0.4) is 0 Å². The minimum absolute atomic E-state index is 0.241. The highest BCUT2D eigenvalue weighted by Crippen LogP contribution is 2.11. The van der Waals surface area contributed by atoms with Gasteiger partial charge in [0, 0.05) is 25.2 Å². The smallest absolute Gasteiger partial charge is 0.254 e. The number of nitrogens with two attached hydrogens (primary N) is 1.